The van der Waals surface area contributed by atoms with Gasteiger partial charge in [0.25, 0.3) is 0 Å². The van der Waals surface area contributed by atoms with Gasteiger partial charge in [-0.3, -0.25) is 4.79 Å². The molecular weight excluding hydrogens is 875 g/mol. The fourth-order valence-electron chi connectivity index (χ4n) is 6.33. The molecule has 0 unspecified atom stereocenters. The van der Waals surface area contributed by atoms with Gasteiger partial charge in [-0.15, -0.1) is 52.0 Å². The third-order valence-electron chi connectivity index (χ3n) is 10.9. The van der Waals surface area contributed by atoms with E-state index >= 15 is 0 Å². The zero-order valence-corrected chi connectivity index (χ0v) is 38.1. The number of hydrogen-bond acceptors (Lipinski definition) is 6. The van der Waals surface area contributed by atoms with E-state index in [1.165, 1.54) is 57.2 Å². The molecule has 5 rings (SSSR count). The molecule has 0 amide bonds. The Balaban J connectivity index is 0.000000347. The Morgan fingerprint density at radius 1 is 0.942 bits per heavy atom. The van der Waals surface area contributed by atoms with Crippen LogP contribution in [-0.2, 0) is 36.7 Å². The number of ketones is 1. The average molecular weight is 933 g/mol. The minimum atomic E-state index is -0.337. The Morgan fingerprint density at radius 3 is 2.12 bits per heavy atom. The molecule has 0 aliphatic carbocycles. The smallest absolute Gasteiger partial charge is 0.164 e. The maximum Gasteiger partial charge on any atom is 0.164 e. The van der Waals surface area contributed by atoms with Gasteiger partial charge in [-0.25, -0.2) is 0 Å². The minimum absolute atomic E-state index is 0. The molecule has 0 spiro atoms. The molecule has 3 heterocycles. The van der Waals surface area contributed by atoms with Crippen LogP contribution in [0, 0.1) is 29.7 Å². The summed E-state index contributed by atoms with van der Waals surface area (Å²) < 4.78 is 4.02. The van der Waals surface area contributed by atoms with Crippen LogP contribution < -0.4 is 0 Å². The molecule has 0 fully saturated rings. The van der Waals surface area contributed by atoms with Crippen LogP contribution in [0.5, 0.6) is 0 Å². The summed E-state index contributed by atoms with van der Waals surface area (Å²) in [6, 6.07) is 14.9. The molecule has 1 N–H and O–H groups in total. The van der Waals surface area contributed by atoms with Crippen molar-refractivity contribution in [1.82, 2.24) is 4.98 Å². The second kappa shape index (κ2) is 17.9. The summed E-state index contributed by atoms with van der Waals surface area (Å²) in [5.74, 6) is 0.952. The number of aliphatic hydroxyl groups is 1. The topological polar surface area (TPSA) is 50.2 Å². The number of thioether (sulfide) groups is 1. The van der Waals surface area contributed by atoms with E-state index < -0.39 is 0 Å². The predicted molar refractivity (Wildman–Crippen MR) is 228 cm³/mol. The Hall–Kier alpha value is -2.28. The third-order valence-corrected chi connectivity index (χ3v) is 14.1. The molecule has 7 heteroatoms. The molecular formula is C45H58IrNO2S3-. The number of benzene rings is 2. The zero-order valence-electron chi connectivity index (χ0n) is 33.3. The van der Waals surface area contributed by atoms with Crippen molar-refractivity contribution in [2.24, 2.45) is 16.7 Å². The molecule has 5 aromatic rings. The average Bonchev–Trinajstić information content (AvgIpc) is 3.61. The number of carbonyl (C=O) groups is 1. The summed E-state index contributed by atoms with van der Waals surface area (Å²) in [6.07, 6.45) is 7.84. The maximum atomic E-state index is 12.2. The van der Waals surface area contributed by atoms with Gasteiger partial charge in [0, 0.05) is 62.2 Å². The molecule has 3 aromatic heterocycles. The molecule has 3 nitrogen and oxygen atoms in total. The van der Waals surface area contributed by atoms with E-state index in [0.717, 1.165) is 43.4 Å². The quantitative estimate of drug-likeness (QED) is 0.0586. The van der Waals surface area contributed by atoms with E-state index in [2.05, 4.69) is 84.5 Å². The molecule has 52 heavy (non-hydrogen) atoms. The molecule has 0 saturated heterocycles. The van der Waals surface area contributed by atoms with E-state index in [-0.39, 0.29) is 47.9 Å². The minimum Gasteiger partial charge on any atom is -0.512 e. The van der Waals surface area contributed by atoms with Crippen molar-refractivity contribution in [2.45, 2.75) is 125 Å². The van der Waals surface area contributed by atoms with E-state index in [4.69, 9.17) is 4.98 Å². The van der Waals surface area contributed by atoms with Gasteiger partial charge in [-0.2, -0.15) is 11.8 Å². The number of rotatable bonds is 12. The van der Waals surface area contributed by atoms with Crippen molar-refractivity contribution in [2.75, 3.05) is 0 Å². The van der Waals surface area contributed by atoms with Crippen LogP contribution in [0.2, 0.25) is 0 Å². The summed E-state index contributed by atoms with van der Waals surface area (Å²) in [6.45, 7) is 29.7. The Labute approximate surface area is 339 Å². The van der Waals surface area contributed by atoms with Gasteiger partial charge in [0.2, 0.25) is 0 Å². The van der Waals surface area contributed by atoms with Gasteiger partial charge in [0.1, 0.15) is 5.76 Å². The number of aliphatic hydroxyl groups excluding tert-OH is 1. The second-order valence-electron chi connectivity index (χ2n) is 15.8. The summed E-state index contributed by atoms with van der Waals surface area (Å²) in [5.41, 5.74) is 4.25. The first kappa shape index (κ1) is 44.1. The van der Waals surface area contributed by atoms with E-state index in [9.17, 15) is 9.90 Å². The van der Waals surface area contributed by atoms with Crippen LogP contribution in [0.3, 0.4) is 0 Å². The van der Waals surface area contributed by atoms with Crippen LogP contribution in [0.25, 0.3) is 41.5 Å². The number of nitrogens with zero attached hydrogens (tertiary/aromatic N) is 1. The Bertz CT molecular complexity index is 2050. The molecule has 0 bridgehead atoms. The van der Waals surface area contributed by atoms with Crippen LogP contribution in [0.4, 0.5) is 0 Å². The molecule has 0 aliphatic heterocycles. The summed E-state index contributed by atoms with van der Waals surface area (Å²) >= 11 is 5.50. The predicted octanol–water partition coefficient (Wildman–Crippen LogP) is 14.8. The molecule has 0 atom stereocenters. The first-order valence-electron chi connectivity index (χ1n) is 18.5. The third kappa shape index (κ3) is 9.32. The first-order valence-corrected chi connectivity index (χ1v) is 21.0. The van der Waals surface area contributed by atoms with Crippen molar-refractivity contribution in [1.29, 1.82) is 0 Å². The number of allylic oxidation sites excluding steroid dienone is 2. The molecule has 283 valence electrons. The van der Waals surface area contributed by atoms with Crippen molar-refractivity contribution in [3.63, 3.8) is 0 Å². The first-order chi connectivity index (χ1) is 24.0. The summed E-state index contributed by atoms with van der Waals surface area (Å²) in [4.78, 5) is 19.8. The summed E-state index contributed by atoms with van der Waals surface area (Å²) in [7, 11) is 0. The Kier molecular flexibility index (Phi) is 15.2. The molecule has 0 saturated carbocycles. The van der Waals surface area contributed by atoms with Crippen molar-refractivity contribution >= 4 is 70.5 Å². The number of fused-ring (bicyclic) bond motifs is 4. The fourth-order valence-corrected chi connectivity index (χ4v) is 9.77. The van der Waals surface area contributed by atoms with Gasteiger partial charge in [-0.1, -0.05) is 87.6 Å². The van der Waals surface area contributed by atoms with E-state index in [1.807, 2.05) is 75.8 Å². The number of pyridine rings is 1. The van der Waals surface area contributed by atoms with Crippen LogP contribution in [0.15, 0.2) is 65.2 Å². The summed E-state index contributed by atoms with van der Waals surface area (Å²) in [5, 5.41) is 16.0. The monoisotopic (exact) mass is 933 g/mol. The van der Waals surface area contributed by atoms with Gasteiger partial charge < -0.3 is 10.1 Å². The SMILES string of the molecule is C=CSc1c[c-]c(-c2nccc3sc4cc5sc(CC(C)C)c(C)c5cc4c23)cc1C(C)(C)C.CCC(C)(CC)C(=O)/C=C(\O)C(C)(CC)CC.[Ir]. The normalized spacial score (nSPS) is 12.7. The molecule has 0 aliphatic rings. The van der Waals surface area contributed by atoms with Gasteiger partial charge in [0.05, 0.1) is 0 Å². The van der Waals surface area contributed by atoms with Crippen LogP contribution in [0.1, 0.15) is 118 Å². The van der Waals surface area contributed by atoms with Gasteiger partial charge >= 0.3 is 0 Å². The zero-order chi connectivity index (χ0) is 37.9. The number of aryl methyl sites for hydroxylation is 1. The second-order valence-corrected chi connectivity index (χ2v) is 19.0. The van der Waals surface area contributed by atoms with E-state index in [0.29, 0.717) is 5.92 Å². The number of carbonyl (C=O) groups excluding carboxylic acids is 1. The maximum absolute atomic E-state index is 12.2. The van der Waals surface area contributed by atoms with Crippen LogP contribution >= 0.6 is 34.4 Å². The van der Waals surface area contributed by atoms with Crippen LogP contribution in [-0.4, -0.2) is 15.9 Å². The molecule has 2 aromatic carbocycles. The van der Waals surface area contributed by atoms with Gasteiger partial charge in [0.15, 0.2) is 5.78 Å². The number of hydrogen-bond donors (Lipinski definition) is 1. The largest absolute Gasteiger partial charge is 0.512 e. The fraction of sp³-hybridized carbons (Fsp3) is 0.467. The van der Waals surface area contributed by atoms with Crippen molar-refractivity contribution in [3.05, 3.63) is 82.4 Å². The van der Waals surface area contributed by atoms with Crippen molar-refractivity contribution in [3.8, 4) is 11.3 Å². The van der Waals surface area contributed by atoms with E-state index in [1.54, 1.807) is 11.8 Å². The standard InChI is InChI=1S/C30H30NS3.C15H28O2.Ir/c1-8-32-23-10-9-19(14-22(23)30(5,6)7)29-28-21-15-20-18(4)25(13-17(2)3)34-26(20)16-27(21)33-24(28)11-12-31-29;1-7-14(5,8-2)12(16)11-13(17)15(6,9-3)10-4;/h8,10-12,14-17H,1,13H2,2-7H3;11,16H,7-10H2,1-6H3;/q-1;;/b;12-11-;. The Morgan fingerprint density at radius 2 is 1.56 bits per heavy atom. The number of aromatic nitrogens is 1. The molecule has 1 radical (unpaired) electrons. The number of thiophene rings is 2. The van der Waals surface area contributed by atoms with Gasteiger partial charge in [-0.05, 0) is 101 Å². The van der Waals surface area contributed by atoms with Crippen molar-refractivity contribution < 1.29 is 30.0 Å².